The molecule has 0 aliphatic heterocycles. The van der Waals surface area contributed by atoms with Crippen molar-refractivity contribution in [2.45, 2.75) is 6.42 Å². The highest BCUT2D eigenvalue weighted by Crippen LogP contribution is 2.13. The number of nitrogens with zero attached hydrogens (tertiary/aromatic N) is 2. The lowest BCUT2D eigenvalue weighted by molar-refractivity contribution is 0.141. The number of hydrogen-bond acceptors (Lipinski definition) is 5. The van der Waals surface area contributed by atoms with Crippen LogP contribution in [0.2, 0.25) is 0 Å². The maximum atomic E-state index is 5.53. The molecule has 0 fully saturated rings. The van der Waals surface area contributed by atoms with Gasteiger partial charge in [-0.15, -0.1) is 0 Å². The van der Waals surface area contributed by atoms with Crippen LogP contribution in [0.25, 0.3) is 11.0 Å². The van der Waals surface area contributed by atoms with E-state index in [2.05, 4.69) is 14.8 Å². The van der Waals surface area contributed by atoms with E-state index < -0.39 is 0 Å². The Morgan fingerprint density at radius 2 is 2.13 bits per heavy atom. The number of nitrogens with two attached hydrogens (primary N) is 2. The van der Waals surface area contributed by atoms with Crippen LogP contribution in [0.15, 0.2) is 24.4 Å². The van der Waals surface area contributed by atoms with Crippen LogP contribution < -0.4 is 11.6 Å². The molecule has 0 atom stereocenters. The lowest BCUT2D eigenvalue weighted by Gasteiger charge is -2.02. The quantitative estimate of drug-likeness (QED) is 0.716. The molecule has 2 aromatic rings. The molecule has 0 unspecified atom stereocenters. The topological polar surface area (TPSA) is 87.0 Å². The first-order chi connectivity index (χ1) is 7.29. The van der Waals surface area contributed by atoms with Crippen LogP contribution >= 0.6 is 0 Å². The largest absolute Gasteiger partial charge is 0.382 e. The average Bonchev–Trinajstić information content (AvgIpc) is 2.26. The predicted molar refractivity (Wildman–Crippen MR) is 57.8 cm³/mol. The van der Waals surface area contributed by atoms with Crippen LogP contribution in [0.4, 0.5) is 5.82 Å². The van der Waals surface area contributed by atoms with Crippen molar-refractivity contribution in [1.82, 2.24) is 9.97 Å². The Kier molecular flexibility index (Phi) is 2.75. The second kappa shape index (κ2) is 4.20. The van der Waals surface area contributed by atoms with E-state index in [1.807, 2.05) is 18.2 Å². The third kappa shape index (κ3) is 2.20. The summed E-state index contributed by atoms with van der Waals surface area (Å²) in [5, 5.41) is 0. The minimum Gasteiger partial charge on any atom is -0.382 e. The third-order valence-electron chi connectivity index (χ3n) is 2.13. The standard InChI is InChI=1S/C10H12N4O/c11-10-6-13-9-5-7(3-4-15-12)1-2-8(9)14-10/h1-2,5-6H,3-4,12H2,(H2,11,14). The fourth-order valence-electron chi connectivity index (χ4n) is 1.40. The molecule has 1 aromatic carbocycles. The molecule has 1 aromatic heterocycles. The van der Waals surface area contributed by atoms with Crippen molar-refractivity contribution < 1.29 is 4.84 Å². The van der Waals surface area contributed by atoms with Gasteiger partial charge in [0.2, 0.25) is 0 Å². The van der Waals surface area contributed by atoms with Gasteiger partial charge in [0.15, 0.2) is 0 Å². The zero-order chi connectivity index (χ0) is 10.7. The Hall–Kier alpha value is -1.72. The number of rotatable bonds is 3. The van der Waals surface area contributed by atoms with Gasteiger partial charge in [-0.3, -0.25) is 4.98 Å². The number of anilines is 1. The van der Waals surface area contributed by atoms with Crippen molar-refractivity contribution in [2.24, 2.45) is 5.90 Å². The number of fused-ring (bicyclic) bond motifs is 1. The molecule has 0 bridgehead atoms. The molecule has 0 saturated carbocycles. The van der Waals surface area contributed by atoms with E-state index in [1.54, 1.807) is 6.20 Å². The highest BCUT2D eigenvalue weighted by molar-refractivity contribution is 5.75. The molecule has 2 rings (SSSR count). The van der Waals surface area contributed by atoms with Gasteiger partial charge in [0.1, 0.15) is 5.82 Å². The molecular weight excluding hydrogens is 192 g/mol. The highest BCUT2D eigenvalue weighted by Gasteiger charge is 1.99. The predicted octanol–water partition coefficient (Wildman–Crippen LogP) is 0.645. The molecular formula is C10H12N4O. The summed E-state index contributed by atoms with van der Waals surface area (Å²) >= 11 is 0. The van der Waals surface area contributed by atoms with E-state index in [0.717, 1.165) is 23.0 Å². The molecule has 0 saturated heterocycles. The number of nitrogen functional groups attached to an aromatic ring is 1. The van der Waals surface area contributed by atoms with Crippen LogP contribution in [0, 0.1) is 0 Å². The molecule has 0 radical (unpaired) electrons. The van der Waals surface area contributed by atoms with Crippen molar-refractivity contribution in [3.63, 3.8) is 0 Å². The van der Waals surface area contributed by atoms with Gasteiger partial charge in [-0.25, -0.2) is 10.9 Å². The summed E-state index contributed by atoms with van der Waals surface area (Å²) in [6.07, 6.45) is 2.31. The molecule has 0 spiro atoms. The van der Waals surface area contributed by atoms with Crippen LogP contribution in [0.3, 0.4) is 0 Å². The first-order valence-corrected chi connectivity index (χ1v) is 4.62. The lowest BCUT2D eigenvalue weighted by Crippen LogP contribution is -2.03. The molecule has 0 aliphatic carbocycles. The maximum Gasteiger partial charge on any atom is 0.142 e. The lowest BCUT2D eigenvalue weighted by atomic mass is 10.1. The monoisotopic (exact) mass is 204 g/mol. The van der Waals surface area contributed by atoms with E-state index in [0.29, 0.717) is 12.4 Å². The second-order valence-corrected chi connectivity index (χ2v) is 3.24. The van der Waals surface area contributed by atoms with Crippen molar-refractivity contribution in [1.29, 1.82) is 0 Å². The normalized spacial score (nSPS) is 10.7. The smallest absolute Gasteiger partial charge is 0.142 e. The maximum absolute atomic E-state index is 5.53. The SMILES string of the molecule is NOCCc1ccc2nc(N)cnc2c1. The summed E-state index contributed by atoms with van der Waals surface area (Å²) in [6.45, 7) is 0.494. The minimum absolute atomic E-state index is 0.431. The van der Waals surface area contributed by atoms with Gasteiger partial charge in [0.25, 0.3) is 0 Å². The zero-order valence-electron chi connectivity index (χ0n) is 8.18. The minimum atomic E-state index is 0.431. The van der Waals surface area contributed by atoms with E-state index in [1.165, 1.54) is 0 Å². The van der Waals surface area contributed by atoms with Crippen LogP contribution in [-0.4, -0.2) is 16.6 Å². The molecule has 15 heavy (non-hydrogen) atoms. The summed E-state index contributed by atoms with van der Waals surface area (Å²) in [5.41, 5.74) is 8.28. The molecule has 0 aliphatic rings. The fraction of sp³-hybridized carbons (Fsp3) is 0.200. The summed E-state index contributed by atoms with van der Waals surface area (Å²) < 4.78 is 0. The molecule has 1 heterocycles. The van der Waals surface area contributed by atoms with E-state index >= 15 is 0 Å². The summed E-state index contributed by atoms with van der Waals surface area (Å²) in [7, 11) is 0. The first kappa shape index (κ1) is 9.82. The number of aromatic nitrogens is 2. The summed E-state index contributed by atoms with van der Waals surface area (Å²) in [6, 6.07) is 5.82. The molecule has 5 heteroatoms. The van der Waals surface area contributed by atoms with E-state index in [4.69, 9.17) is 11.6 Å². The van der Waals surface area contributed by atoms with Crippen molar-refractivity contribution in [3.05, 3.63) is 30.0 Å². The molecule has 78 valence electrons. The van der Waals surface area contributed by atoms with Gasteiger partial charge in [0, 0.05) is 0 Å². The van der Waals surface area contributed by atoms with E-state index in [-0.39, 0.29) is 0 Å². The van der Waals surface area contributed by atoms with Gasteiger partial charge >= 0.3 is 0 Å². The fourth-order valence-corrected chi connectivity index (χ4v) is 1.40. The van der Waals surface area contributed by atoms with Crippen LogP contribution in [-0.2, 0) is 11.3 Å². The zero-order valence-corrected chi connectivity index (χ0v) is 8.18. The number of hydrogen-bond donors (Lipinski definition) is 2. The molecule has 5 nitrogen and oxygen atoms in total. The van der Waals surface area contributed by atoms with Crippen LogP contribution in [0.1, 0.15) is 5.56 Å². The average molecular weight is 204 g/mol. The third-order valence-corrected chi connectivity index (χ3v) is 2.13. The van der Waals surface area contributed by atoms with Crippen molar-refractivity contribution in [2.75, 3.05) is 12.3 Å². The Bertz CT molecular complexity index is 472. The Labute approximate surface area is 87.0 Å². The van der Waals surface area contributed by atoms with E-state index in [9.17, 15) is 0 Å². The second-order valence-electron chi connectivity index (χ2n) is 3.24. The van der Waals surface area contributed by atoms with Crippen LogP contribution in [0.5, 0.6) is 0 Å². The Balaban J connectivity index is 2.34. The van der Waals surface area contributed by atoms with Gasteiger partial charge in [-0.2, -0.15) is 0 Å². The highest BCUT2D eigenvalue weighted by atomic mass is 16.6. The van der Waals surface area contributed by atoms with Gasteiger partial charge < -0.3 is 10.6 Å². The Morgan fingerprint density at radius 1 is 1.27 bits per heavy atom. The number of benzene rings is 1. The van der Waals surface area contributed by atoms with Crippen molar-refractivity contribution in [3.8, 4) is 0 Å². The van der Waals surface area contributed by atoms with Gasteiger partial charge in [-0.05, 0) is 24.1 Å². The summed E-state index contributed by atoms with van der Waals surface area (Å²) in [4.78, 5) is 12.9. The Morgan fingerprint density at radius 3 is 2.93 bits per heavy atom. The first-order valence-electron chi connectivity index (χ1n) is 4.62. The van der Waals surface area contributed by atoms with Gasteiger partial charge in [0.05, 0.1) is 23.8 Å². The van der Waals surface area contributed by atoms with Crippen molar-refractivity contribution >= 4 is 16.9 Å². The van der Waals surface area contributed by atoms with Gasteiger partial charge in [-0.1, -0.05) is 6.07 Å². The summed E-state index contributed by atoms with van der Waals surface area (Å²) in [5.74, 6) is 5.40. The molecule has 0 amide bonds. The molecule has 4 N–H and O–H groups in total.